The summed E-state index contributed by atoms with van der Waals surface area (Å²) >= 11 is 6.12. The van der Waals surface area contributed by atoms with Gasteiger partial charge in [0, 0.05) is 6.54 Å². The van der Waals surface area contributed by atoms with E-state index >= 15 is 0 Å². The number of hydrogen-bond donors (Lipinski definition) is 1. The highest BCUT2D eigenvalue weighted by atomic mass is 35.5. The van der Waals surface area contributed by atoms with E-state index in [4.69, 9.17) is 16.3 Å². The molecule has 1 amide bonds. The first-order valence-corrected chi connectivity index (χ1v) is 8.97. The van der Waals surface area contributed by atoms with Crippen LogP contribution in [0.2, 0.25) is 5.02 Å². The highest BCUT2D eigenvalue weighted by Gasteiger charge is 2.24. The van der Waals surface area contributed by atoms with Gasteiger partial charge in [-0.1, -0.05) is 23.7 Å². The van der Waals surface area contributed by atoms with Crippen molar-refractivity contribution in [1.82, 2.24) is 5.32 Å². The lowest BCUT2D eigenvalue weighted by atomic mass is 9.97. The number of benzene rings is 2. The largest absolute Gasteiger partial charge is 0.465 e. The van der Waals surface area contributed by atoms with Crippen molar-refractivity contribution in [2.45, 2.75) is 27.3 Å². The lowest BCUT2D eigenvalue weighted by molar-refractivity contribution is -0.143. The SMILES string of the molecule is COC(=O)c1ccc(CNC(=O)c2cc(OC(=O)C(C)(C)C)ccc2Cl)cc1. The molecule has 2 rings (SSSR count). The molecule has 0 aliphatic carbocycles. The van der Waals surface area contributed by atoms with Crippen molar-refractivity contribution >= 4 is 29.4 Å². The fourth-order valence-electron chi connectivity index (χ4n) is 2.16. The first-order chi connectivity index (χ1) is 13.1. The quantitative estimate of drug-likeness (QED) is 0.602. The van der Waals surface area contributed by atoms with Gasteiger partial charge < -0.3 is 14.8 Å². The van der Waals surface area contributed by atoms with E-state index in [0.29, 0.717) is 5.56 Å². The number of methoxy groups -OCH3 is 1. The molecule has 7 heteroatoms. The molecule has 148 valence electrons. The topological polar surface area (TPSA) is 81.7 Å². The maximum absolute atomic E-state index is 12.5. The predicted octanol–water partition coefficient (Wildman–Crippen LogP) is 4.01. The Balaban J connectivity index is 2.06. The summed E-state index contributed by atoms with van der Waals surface area (Å²) in [6.45, 7) is 5.46. The summed E-state index contributed by atoms with van der Waals surface area (Å²) in [5, 5.41) is 2.99. The molecule has 0 radical (unpaired) electrons. The fraction of sp³-hybridized carbons (Fsp3) is 0.286. The monoisotopic (exact) mass is 403 g/mol. The first kappa shape index (κ1) is 21.4. The standard InChI is InChI=1S/C21H22ClNO5/c1-21(2,3)20(26)28-15-9-10-17(22)16(11-15)18(24)23-12-13-5-7-14(8-6-13)19(25)27-4/h5-11H,12H2,1-4H3,(H,23,24). The number of amides is 1. The molecule has 0 fully saturated rings. The lowest BCUT2D eigenvalue weighted by Gasteiger charge is -2.17. The zero-order chi connectivity index (χ0) is 20.9. The van der Waals surface area contributed by atoms with Crippen LogP contribution in [-0.2, 0) is 16.1 Å². The molecule has 0 aromatic heterocycles. The van der Waals surface area contributed by atoms with Gasteiger partial charge in [-0.15, -0.1) is 0 Å². The molecule has 6 nitrogen and oxygen atoms in total. The smallest absolute Gasteiger partial charge is 0.337 e. The van der Waals surface area contributed by atoms with Crippen LogP contribution in [0.5, 0.6) is 5.75 Å². The Hall–Kier alpha value is -2.86. The Kier molecular flexibility index (Phi) is 6.80. The van der Waals surface area contributed by atoms with Crippen LogP contribution in [0.1, 0.15) is 47.1 Å². The number of carbonyl (C=O) groups is 3. The second-order valence-electron chi connectivity index (χ2n) is 7.15. The van der Waals surface area contributed by atoms with Crippen molar-refractivity contribution in [2.24, 2.45) is 5.41 Å². The lowest BCUT2D eigenvalue weighted by Crippen LogP contribution is -2.26. The molecule has 0 atom stereocenters. The molecule has 0 saturated carbocycles. The maximum atomic E-state index is 12.5. The van der Waals surface area contributed by atoms with Gasteiger partial charge in [0.05, 0.1) is 28.7 Å². The summed E-state index contributed by atoms with van der Waals surface area (Å²) < 4.78 is 9.96. The molecule has 0 unspecified atom stereocenters. The number of nitrogens with one attached hydrogen (secondary N) is 1. The van der Waals surface area contributed by atoms with E-state index in [1.165, 1.54) is 25.3 Å². The molecule has 28 heavy (non-hydrogen) atoms. The van der Waals surface area contributed by atoms with Crippen molar-refractivity contribution in [2.75, 3.05) is 7.11 Å². The fourth-order valence-corrected chi connectivity index (χ4v) is 2.36. The van der Waals surface area contributed by atoms with Gasteiger partial charge in [0.2, 0.25) is 0 Å². The van der Waals surface area contributed by atoms with E-state index in [1.54, 1.807) is 45.0 Å². The van der Waals surface area contributed by atoms with Gasteiger partial charge in [0.25, 0.3) is 5.91 Å². The number of halogens is 1. The minimum absolute atomic E-state index is 0.201. The molecule has 2 aromatic rings. The third-order valence-corrected chi connectivity index (χ3v) is 4.16. The number of ether oxygens (including phenoxy) is 2. The predicted molar refractivity (Wildman–Crippen MR) is 105 cm³/mol. The van der Waals surface area contributed by atoms with E-state index in [9.17, 15) is 14.4 Å². The van der Waals surface area contributed by atoms with E-state index in [-0.39, 0.29) is 22.9 Å². The molecule has 0 saturated heterocycles. The highest BCUT2D eigenvalue weighted by Crippen LogP contribution is 2.25. The van der Waals surface area contributed by atoms with Crippen LogP contribution in [0.25, 0.3) is 0 Å². The van der Waals surface area contributed by atoms with Crippen molar-refractivity contribution in [3.05, 3.63) is 64.2 Å². The highest BCUT2D eigenvalue weighted by molar-refractivity contribution is 6.33. The molecule has 0 aliphatic rings. The van der Waals surface area contributed by atoms with Gasteiger partial charge in [-0.2, -0.15) is 0 Å². The molecular formula is C21H22ClNO5. The minimum atomic E-state index is -0.668. The third-order valence-electron chi connectivity index (χ3n) is 3.83. The van der Waals surface area contributed by atoms with Gasteiger partial charge in [0.15, 0.2) is 0 Å². The van der Waals surface area contributed by atoms with Crippen LogP contribution in [-0.4, -0.2) is 25.0 Å². The zero-order valence-corrected chi connectivity index (χ0v) is 16.9. The molecular weight excluding hydrogens is 382 g/mol. The van der Waals surface area contributed by atoms with Crippen molar-refractivity contribution in [3.63, 3.8) is 0 Å². The van der Waals surface area contributed by atoms with Crippen LogP contribution in [0.15, 0.2) is 42.5 Å². The van der Waals surface area contributed by atoms with E-state index in [1.807, 2.05) is 0 Å². The third kappa shape index (κ3) is 5.57. The average Bonchev–Trinajstić information content (AvgIpc) is 2.66. The number of hydrogen-bond acceptors (Lipinski definition) is 5. The number of carbonyl (C=O) groups excluding carboxylic acids is 3. The summed E-state index contributed by atoms with van der Waals surface area (Å²) in [6.07, 6.45) is 0. The summed E-state index contributed by atoms with van der Waals surface area (Å²) in [6, 6.07) is 11.1. The van der Waals surface area contributed by atoms with Crippen molar-refractivity contribution < 1.29 is 23.9 Å². The van der Waals surface area contributed by atoms with Crippen molar-refractivity contribution in [1.29, 1.82) is 0 Å². The van der Waals surface area contributed by atoms with Crippen LogP contribution in [0.3, 0.4) is 0 Å². The van der Waals surface area contributed by atoms with E-state index < -0.39 is 23.3 Å². The Morgan fingerprint density at radius 2 is 1.68 bits per heavy atom. The van der Waals surface area contributed by atoms with E-state index in [2.05, 4.69) is 10.1 Å². The number of esters is 2. The number of rotatable bonds is 5. The molecule has 0 spiro atoms. The summed E-state index contributed by atoms with van der Waals surface area (Å²) in [5.41, 5.74) is 0.756. The van der Waals surface area contributed by atoms with Crippen LogP contribution in [0, 0.1) is 5.41 Å². The zero-order valence-electron chi connectivity index (χ0n) is 16.2. The van der Waals surface area contributed by atoms with Crippen LogP contribution in [0.4, 0.5) is 0 Å². The second-order valence-corrected chi connectivity index (χ2v) is 7.56. The van der Waals surface area contributed by atoms with Gasteiger partial charge in [-0.3, -0.25) is 9.59 Å². The molecule has 0 heterocycles. The Bertz CT molecular complexity index is 885. The Labute approximate surface area is 168 Å². The maximum Gasteiger partial charge on any atom is 0.337 e. The molecule has 0 bridgehead atoms. The Morgan fingerprint density at radius 3 is 2.25 bits per heavy atom. The van der Waals surface area contributed by atoms with Crippen LogP contribution >= 0.6 is 11.6 Å². The average molecular weight is 404 g/mol. The molecule has 2 aromatic carbocycles. The normalized spacial score (nSPS) is 10.9. The second kappa shape index (κ2) is 8.89. The molecule has 0 aliphatic heterocycles. The van der Waals surface area contributed by atoms with Crippen molar-refractivity contribution in [3.8, 4) is 5.75 Å². The van der Waals surface area contributed by atoms with Gasteiger partial charge in [-0.05, 0) is 56.7 Å². The molecule has 1 N–H and O–H groups in total. The minimum Gasteiger partial charge on any atom is -0.465 e. The summed E-state index contributed by atoms with van der Waals surface area (Å²) in [7, 11) is 1.31. The summed E-state index contributed by atoms with van der Waals surface area (Å²) in [4.78, 5) is 35.9. The first-order valence-electron chi connectivity index (χ1n) is 8.59. The van der Waals surface area contributed by atoms with Gasteiger partial charge in [-0.25, -0.2) is 4.79 Å². The Morgan fingerprint density at radius 1 is 1.04 bits per heavy atom. The van der Waals surface area contributed by atoms with Gasteiger partial charge >= 0.3 is 11.9 Å². The van der Waals surface area contributed by atoms with Gasteiger partial charge in [0.1, 0.15) is 5.75 Å². The van der Waals surface area contributed by atoms with Crippen LogP contribution < -0.4 is 10.1 Å². The van der Waals surface area contributed by atoms with E-state index in [0.717, 1.165) is 5.56 Å². The summed E-state index contributed by atoms with van der Waals surface area (Å²) in [5.74, 6) is -0.997.